The highest BCUT2D eigenvalue weighted by Crippen LogP contribution is 2.23. The van der Waals surface area contributed by atoms with Gasteiger partial charge in [-0.1, -0.05) is 23.7 Å². The van der Waals surface area contributed by atoms with Crippen molar-refractivity contribution in [1.29, 1.82) is 0 Å². The van der Waals surface area contributed by atoms with Crippen molar-refractivity contribution in [2.24, 2.45) is 0 Å². The van der Waals surface area contributed by atoms with Crippen LogP contribution in [0.1, 0.15) is 6.42 Å². The van der Waals surface area contributed by atoms with E-state index < -0.39 is 0 Å². The summed E-state index contributed by atoms with van der Waals surface area (Å²) >= 11 is 5.93. The van der Waals surface area contributed by atoms with Gasteiger partial charge in [-0.3, -0.25) is 0 Å². The second-order valence-electron chi connectivity index (χ2n) is 2.77. The van der Waals surface area contributed by atoms with E-state index in [0.717, 1.165) is 23.7 Å². The molecule has 1 N–H and O–H groups in total. The second kappa shape index (κ2) is 3.33. The number of hydrogen-bond donors (Lipinski definition) is 1. The van der Waals surface area contributed by atoms with E-state index in [2.05, 4.69) is 5.32 Å². The van der Waals surface area contributed by atoms with Gasteiger partial charge in [0.2, 0.25) is 0 Å². The Morgan fingerprint density at radius 1 is 1.42 bits per heavy atom. The van der Waals surface area contributed by atoms with Crippen molar-refractivity contribution in [2.45, 2.75) is 12.6 Å². The average molecular weight is 184 g/mol. The number of nitrogens with one attached hydrogen (secondary N) is 1. The molecule has 0 amide bonds. The van der Waals surface area contributed by atoms with Gasteiger partial charge in [-0.2, -0.15) is 0 Å². The smallest absolute Gasteiger partial charge is 0.129 e. The molecule has 3 heteroatoms. The SMILES string of the molecule is Clc1ccccc1NC1CCO1. The summed E-state index contributed by atoms with van der Waals surface area (Å²) in [5.74, 6) is 0. The molecule has 1 aromatic rings. The molecule has 12 heavy (non-hydrogen) atoms. The molecule has 1 heterocycles. The van der Waals surface area contributed by atoms with Crippen LogP contribution in [0.5, 0.6) is 0 Å². The maximum atomic E-state index is 5.93. The molecule has 1 saturated heterocycles. The predicted molar refractivity (Wildman–Crippen MR) is 49.4 cm³/mol. The van der Waals surface area contributed by atoms with Crippen LogP contribution < -0.4 is 5.32 Å². The van der Waals surface area contributed by atoms with Crippen LogP contribution in [0.25, 0.3) is 0 Å². The molecular formula is C9H10ClNO. The molecule has 0 bridgehead atoms. The van der Waals surface area contributed by atoms with E-state index in [1.54, 1.807) is 0 Å². The molecule has 1 unspecified atom stereocenters. The minimum atomic E-state index is 0.157. The summed E-state index contributed by atoms with van der Waals surface area (Å²) in [5.41, 5.74) is 0.948. The van der Waals surface area contributed by atoms with E-state index in [4.69, 9.17) is 16.3 Å². The van der Waals surface area contributed by atoms with Crippen LogP contribution in [0.2, 0.25) is 5.02 Å². The molecule has 2 nitrogen and oxygen atoms in total. The first-order valence-electron chi connectivity index (χ1n) is 3.99. The number of para-hydroxylation sites is 1. The first kappa shape index (κ1) is 7.90. The largest absolute Gasteiger partial charge is 0.359 e. The molecule has 0 saturated carbocycles. The summed E-state index contributed by atoms with van der Waals surface area (Å²) in [5, 5.41) is 3.94. The zero-order valence-electron chi connectivity index (χ0n) is 6.59. The topological polar surface area (TPSA) is 21.3 Å². The second-order valence-corrected chi connectivity index (χ2v) is 3.18. The molecule has 0 radical (unpaired) electrons. The van der Waals surface area contributed by atoms with Crippen molar-refractivity contribution < 1.29 is 4.74 Å². The zero-order valence-corrected chi connectivity index (χ0v) is 7.34. The van der Waals surface area contributed by atoms with Crippen LogP contribution in [0.3, 0.4) is 0 Å². The summed E-state index contributed by atoms with van der Waals surface area (Å²) in [6, 6.07) is 7.68. The van der Waals surface area contributed by atoms with E-state index in [0.29, 0.717) is 0 Å². The number of rotatable bonds is 2. The number of benzene rings is 1. The third-order valence-corrected chi connectivity index (χ3v) is 2.22. The van der Waals surface area contributed by atoms with Crippen molar-refractivity contribution >= 4 is 17.3 Å². The zero-order chi connectivity index (χ0) is 8.39. The average Bonchev–Trinajstić information content (AvgIpc) is 2.00. The highest BCUT2D eigenvalue weighted by Gasteiger charge is 2.17. The lowest BCUT2D eigenvalue weighted by Gasteiger charge is -2.28. The summed E-state index contributed by atoms with van der Waals surface area (Å²) in [4.78, 5) is 0. The van der Waals surface area contributed by atoms with Crippen molar-refractivity contribution in [1.82, 2.24) is 0 Å². The molecule has 1 aromatic carbocycles. The van der Waals surface area contributed by atoms with Gasteiger partial charge in [-0.05, 0) is 12.1 Å². The molecule has 1 fully saturated rings. The summed E-state index contributed by atoms with van der Waals surface area (Å²) < 4.78 is 5.22. The minimum absolute atomic E-state index is 0.157. The Labute approximate surface area is 76.5 Å². The number of halogens is 1. The summed E-state index contributed by atoms with van der Waals surface area (Å²) in [6.45, 7) is 0.849. The minimum Gasteiger partial charge on any atom is -0.359 e. The van der Waals surface area contributed by atoms with Gasteiger partial charge < -0.3 is 10.1 Å². The van der Waals surface area contributed by atoms with Crippen molar-refractivity contribution in [3.63, 3.8) is 0 Å². The van der Waals surface area contributed by atoms with E-state index in [1.165, 1.54) is 0 Å². The first-order valence-corrected chi connectivity index (χ1v) is 4.37. The maximum Gasteiger partial charge on any atom is 0.129 e. The standard InChI is InChI=1S/C9H10ClNO/c10-7-3-1-2-4-8(7)11-9-5-6-12-9/h1-4,9,11H,5-6H2. The number of ether oxygens (including phenoxy) is 1. The lowest BCUT2D eigenvalue weighted by Crippen LogP contribution is -2.34. The maximum absolute atomic E-state index is 5.93. The lowest BCUT2D eigenvalue weighted by atomic mass is 10.2. The molecule has 0 spiro atoms. The van der Waals surface area contributed by atoms with Crippen molar-refractivity contribution in [2.75, 3.05) is 11.9 Å². The van der Waals surface area contributed by atoms with E-state index in [9.17, 15) is 0 Å². The highest BCUT2D eigenvalue weighted by molar-refractivity contribution is 6.33. The first-order chi connectivity index (χ1) is 5.86. The van der Waals surface area contributed by atoms with E-state index in [-0.39, 0.29) is 6.23 Å². The fourth-order valence-electron chi connectivity index (χ4n) is 1.10. The van der Waals surface area contributed by atoms with Gasteiger partial charge in [-0.15, -0.1) is 0 Å². The van der Waals surface area contributed by atoms with Gasteiger partial charge in [0.1, 0.15) is 6.23 Å². The number of hydrogen-bond acceptors (Lipinski definition) is 2. The van der Waals surface area contributed by atoms with Gasteiger partial charge in [0.25, 0.3) is 0 Å². The molecule has 64 valence electrons. The Morgan fingerprint density at radius 2 is 2.17 bits per heavy atom. The fourth-order valence-corrected chi connectivity index (χ4v) is 1.29. The summed E-state index contributed by atoms with van der Waals surface area (Å²) in [6.07, 6.45) is 1.22. The third-order valence-electron chi connectivity index (χ3n) is 1.89. The van der Waals surface area contributed by atoms with Gasteiger partial charge in [0, 0.05) is 6.42 Å². The fraction of sp³-hybridized carbons (Fsp3) is 0.333. The van der Waals surface area contributed by atoms with Gasteiger partial charge in [0.05, 0.1) is 17.3 Å². The van der Waals surface area contributed by atoms with E-state index >= 15 is 0 Å². The quantitative estimate of drug-likeness (QED) is 0.761. The molecule has 1 aliphatic rings. The number of anilines is 1. The normalized spacial score (nSPS) is 21.6. The van der Waals surface area contributed by atoms with Crippen LogP contribution >= 0.6 is 11.6 Å². The molecule has 1 atom stereocenters. The van der Waals surface area contributed by atoms with Crippen LogP contribution in [-0.4, -0.2) is 12.8 Å². The molecule has 0 aliphatic carbocycles. The van der Waals surface area contributed by atoms with E-state index in [1.807, 2.05) is 24.3 Å². The Kier molecular flexibility index (Phi) is 2.19. The Hall–Kier alpha value is -0.730. The highest BCUT2D eigenvalue weighted by atomic mass is 35.5. The van der Waals surface area contributed by atoms with Crippen LogP contribution in [0, 0.1) is 0 Å². The molecule has 0 aromatic heterocycles. The van der Waals surface area contributed by atoms with Gasteiger partial charge in [0.15, 0.2) is 0 Å². The monoisotopic (exact) mass is 183 g/mol. The molecule has 2 rings (SSSR count). The Balaban J connectivity index is 2.06. The molecular weight excluding hydrogens is 174 g/mol. The summed E-state index contributed by atoms with van der Waals surface area (Å²) in [7, 11) is 0. The van der Waals surface area contributed by atoms with Crippen LogP contribution in [0.4, 0.5) is 5.69 Å². The Morgan fingerprint density at radius 3 is 2.75 bits per heavy atom. The third kappa shape index (κ3) is 1.54. The predicted octanol–water partition coefficient (Wildman–Crippen LogP) is 2.50. The van der Waals surface area contributed by atoms with Gasteiger partial charge in [-0.25, -0.2) is 0 Å². The van der Waals surface area contributed by atoms with Crippen molar-refractivity contribution in [3.05, 3.63) is 29.3 Å². The Bertz CT molecular complexity index is 273. The molecule has 1 aliphatic heterocycles. The van der Waals surface area contributed by atoms with Crippen molar-refractivity contribution in [3.8, 4) is 0 Å². The van der Waals surface area contributed by atoms with Gasteiger partial charge >= 0.3 is 0 Å². The van der Waals surface area contributed by atoms with Crippen LogP contribution in [-0.2, 0) is 4.74 Å². The van der Waals surface area contributed by atoms with Crippen LogP contribution in [0.15, 0.2) is 24.3 Å². The lowest BCUT2D eigenvalue weighted by molar-refractivity contribution is -0.0313.